The first-order chi connectivity index (χ1) is 8.63. The number of nitrogens with two attached hydrogens (primary N) is 1. The van der Waals surface area contributed by atoms with Gasteiger partial charge in [-0.2, -0.15) is 0 Å². The Morgan fingerprint density at radius 1 is 1.50 bits per heavy atom. The van der Waals surface area contributed by atoms with E-state index in [1.807, 2.05) is 19.1 Å². The van der Waals surface area contributed by atoms with E-state index in [0.717, 1.165) is 0 Å². The Balaban J connectivity index is 2.11. The molecule has 0 amide bonds. The van der Waals surface area contributed by atoms with E-state index in [1.165, 1.54) is 17.8 Å². The van der Waals surface area contributed by atoms with Crippen molar-refractivity contribution in [3.8, 4) is 0 Å². The molecule has 0 aliphatic carbocycles. The van der Waals surface area contributed by atoms with Gasteiger partial charge < -0.3 is 10.5 Å². The number of nitrogens with zero attached hydrogens (tertiary/aromatic N) is 1. The summed E-state index contributed by atoms with van der Waals surface area (Å²) in [6, 6.07) is 6.88. The lowest BCUT2D eigenvalue weighted by molar-refractivity contribution is 0.107. The van der Waals surface area contributed by atoms with E-state index in [1.54, 1.807) is 6.07 Å². The summed E-state index contributed by atoms with van der Waals surface area (Å²) in [6.07, 6.45) is 0.0777. The highest BCUT2D eigenvalue weighted by Gasteiger charge is 2.53. The van der Waals surface area contributed by atoms with Crippen LogP contribution in [0.25, 0.3) is 0 Å². The average Bonchev–Trinajstić information content (AvgIpc) is 2.68. The smallest absolute Gasteiger partial charge is 0.154 e. The van der Waals surface area contributed by atoms with Crippen molar-refractivity contribution >= 4 is 16.9 Å². The third-order valence-electron chi connectivity index (χ3n) is 3.79. The highest BCUT2D eigenvalue weighted by atomic mass is 32.2. The van der Waals surface area contributed by atoms with Crippen LogP contribution in [0, 0.1) is 11.7 Å². The van der Waals surface area contributed by atoms with Crippen molar-refractivity contribution < 1.29 is 9.13 Å². The predicted octanol–water partition coefficient (Wildman–Crippen LogP) is 2.12. The van der Waals surface area contributed by atoms with E-state index in [0.29, 0.717) is 23.9 Å². The van der Waals surface area contributed by atoms with Gasteiger partial charge in [-0.15, -0.1) is 0 Å². The lowest BCUT2D eigenvalue weighted by Gasteiger charge is -2.36. The number of hydrogen-bond acceptors (Lipinski definition) is 4. The Bertz CT molecular complexity index is 508. The van der Waals surface area contributed by atoms with Crippen molar-refractivity contribution in [2.45, 2.75) is 17.8 Å². The normalized spacial score (nSPS) is 35.1. The molecule has 3 atom stereocenters. The summed E-state index contributed by atoms with van der Waals surface area (Å²) in [4.78, 5) is 4.28. The minimum absolute atomic E-state index is 0.0777. The average molecular weight is 266 g/mol. The molecule has 2 aliphatic rings. The molecule has 2 aliphatic heterocycles. The molecule has 0 aromatic heterocycles. The highest BCUT2D eigenvalue weighted by Crippen LogP contribution is 2.52. The van der Waals surface area contributed by atoms with Gasteiger partial charge >= 0.3 is 0 Å². The lowest BCUT2D eigenvalue weighted by atomic mass is 9.84. The van der Waals surface area contributed by atoms with E-state index < -0.39 is 4.75 Å². The van der Waals surface area contributed by atoms with E-state index in [2.05, 4.69) is 4.99 Å². The zero-order valence-electron chi connectivity index (χ0n) is 10.1. The third kappa shape index (κ3) is 1.65. The van der Waals surface area contributed by atoms with Crippen molar-refractivity contribution in [3.05, 3.63) is 35.6 Å². The second-order valence-corrected chi connectivity index (χ2v) is 6.12. The fourth-order valence-corrected chi connectivity index (χ4v) is 4.13. The number of thioether (sulfide) groups is 1. The second kappa shape index (κ2) is 4.24. The summed E-state index contributed by atoms with van der Waals surface area (Å²) in [5, 5.41) is 0.521. The molecular weight excluding hydrogens is 251 g/mol. The lowest BCUT2D eigenvalue weighted by Crippen LogP contribution is -2.41. The molecule has 1 aromatic rings. The minimum atomic E-state index is -0.420. The first kappa shape index (κ1) is 12.0. The molecule has 0 bridgehead atoms. The molecule has 96 valence electrons. The maximum Gasteiger partial charge on any atom is 0.154 e. The standard InChI is InChI=1S/C13H15FN2OS/c1-8-10-6-16-12(15)18-13(10,7-17-8)9-4-2-3-5-11(9)14/h2-5,8,10H,6-7H2,1H3,(H2,15,16)/t8-,10+,13-/m1/s1. The summed E-state index contributed by atoms with van der Waals surface area (Å²) < 4.78 is 19.4. The van der Waals surface area contributed by atoms with E-state index >= 15 is 0 Å². The van der Waals surface area contributed by atoms with Crippen molar-refractivity contribution in [2.24, 2.45) is 16.6 Å². The second-order valence-electron chi connectivity index (χ2n) is 4.77. The van der Waals surface area contributed by atoms with Crippen LogP contribution in [-0.2, 0) is 9.48 Å². The Morgan fingerprint density at radius 2 is 2.28 bits per heavy atom. The van der Waals surface area contributed by atoms with Crippen molar-refractivity contribution in [3.63, 3.8) is 0 Å². The van der Waals surface area contributed by atoms with Crippen LogP contribution in [0.2, 0.25) is 0 Å². The maximum absolute atomic E-state index is 14.1. The highest BCUT2D eigenvalue weighted by molar-refractivity contribution is 8.14. The molecule has 1 saturated heterocycles. The number of halogens is 1. The van der Waals surface area contributed by atoms with Crippen LogP contribution in [0.1, 0.15) is 12.5 Å². The molecule has 2 heterocycles. The van der Waals surface area contributed by atoms with Crippen LogP contribution in [0.4, 0.5) is 4.39 Å². The molecule has 0 radical (unpaired) electrons. The van der Waals surface area contributed by atoms with Crippen LogP contribution < -0.4 is 5.73 Å². The van der Waals surface area contributed by atoms with Crippen LogP contribution >= 0.6 is 11.8 Å². The van der Waals surface area contributed by atoms with Gasteiger partial charge in [0, 0.05) is 18.0 Å². The molecular formula is C13H15FN2OS. The topological polar surface area (TPSA) is 47.6 Å². The van der Waals surface area contributed by atoms with E-state index in [-0.39, 0.29) is 17.8 Å². The van der Waals surface area contributed by atoms with Gasteiger partial charge in [-0.3, -0.25) is 4.99 Å². The van der Waals surface area contributed by atoms with Crippen LogP contribution in [-0.4, -0.2) is 24.4 Å². The van der Waals surface area contributed by atoms with Crippen LogP contribution in [0.5, 0.6) is 0 Å². The van der Waals surface area contributed by atoms with Gasteiger partial charge in [0.1, 0.15) is 5.82 Å². The molecule has 0 unspecified atom stereocenters. The molecule has 5 heteroatoms. The fourth-order valence-electron chi connectivity index (χ4n) is 2.80. The Morgan fingerprint density at radius 3 is 3.06 bits per heavy atom. The number of aliphatic imine (C=N–C) groups is 1. The van der Waals surface area contributed by atoms with Crippen molar-refractivity contribution in [1.29, 1.82) is 0 Å². The summed E-state index contributed by atoms with van der Waals surface area (Å²) in [5.74, 6) is -0.0194. The molecule has 0 spiro atoms. The van der Waals surface area contributed by atoms with Gasteiger partial charge in [0.25, 0.3) is 0 Å². The molecule has 3 rings (SSSR count). The molecule has 18 heavy (non-hydrogen) atoms. The number of ether oxygens (including phenoxy) is 1. The Labute approximate surface area is 110 Å². The largest absolute Gasteiger partial charge is 0.379 e. The van der Waals surface area contributed by atoms with Crippen LogP contribution in [0.15, 0.2) is 29.3 Å². The number of fused-ring (bicyclic) bond motifs is 1. The molecule has 2 N–H and O–H groups in total. The zero-order valence-corrected chi connectivity index (χ0v) is 10.9. The Kier molecular flexibility index (Phi) is 2.83. The maximum atomic E-state index is 14.1. The number of benzene rings is 1. The number of rotatable bonds is 1. The van der Waals surface area contributed by atoms with Crippen LogP contribution in [0.3, 0.4) is 0 Å². The van der Waals surface area contributed by atoms with Gasteiger partial charge in [-0.25, -0.2) is 4.39 Å². The first-order valence-electron chi connectivity index (χ1n) is 5.99. The summed E-state index contributed by atoms with van der Waals surface area (Å²) in [5.41, 5.74) is 6.53. The third-order valence-corrected chi connectivity index (χ3v) is 5.13. The quantitative estimate of drug-likeness (QED) is 0.847. The first-order valence-corrected chi connectivity index (χ1v) is 6.81. The minimum Gasteiger partial charge on any atom is -0.379 e. The zero-order chi connectivity index (χ0) is 12.8. The van der Waals surface area contributed by atoms with Gasteiger partial charge in [-0.1, -0.05) is 30.0 Å². The molecule has 3 nitrogen and oxygen atoms in total. The van der Waals surface area contributed by atoms with E-state index in [9.17, 15) is 4.39 Å². The monoisotopic (exact) mass is 266 g/mol. The van der Waals surface area contributed by atoms with Gasteiger partial charge in [0.2, 0.25) is 0 Å². The number of amidine groups is 1. The fraction of sp³-hybridized carbons (Fsp3) is 0.462. The van der Waals surface area contributed by atoms with Gasteiger partial charge in [0.15, 0.2) is 5.17 Å². The Hall–Kier alpha value is -1.07. The van der Waals surface area contributed by atoms with Crippen molar-refractivity contribution in [1.82, 2.24) is 0 Å². The molecule has 1 aromatic carbocycles. The molecule has 1 fully saturated rings. The van der Waals surface area contributed by atoms with E-state index in [4.69, 9.17) is 10.5 Å². The molecule has 0 saturated carbocycles. The van der Waals surface area contributed by atoms with Gasteiger partial charge in [-0.05, 0) is 13.0 Å². The SMILES string of the molecule is C[C@H]1OC[C@]2(c3ccccc3F)SC(N)=NC[C@@H]12. The number of hydrogen-bond donors (Lipinski definition) is 1. The summed E-state index contributed by atoms with van der Waals surface area (Å²) in [6.45, 7) is 3.11. The van der Waals surface area contributed by atoms with Gasteiger partial charge in [0.05, 0.1) is 17.5 Å². The predicted molar refractivity (Wildman–Crippen MR) is 71.1 cm³/mol. The summed E-state index contributed by atoms with van der Waals surface area (Å²) >= 11 is 1.44. The van der Waals surface area contributed by atoms with Crippen molar-refractivity contribution in [2.75, 3.05) is 13.2 Å². The summed E-state index contributed by atoms with van der Waals surface area (Å²) in [7, 11) is 0.